The number of nitrogens with one attached hydrogen (secondary N) is 2. The van der Waals surface area contributed by atoms with Crippen molar-refractivity contribution in [1.29, 1.82) is 0 Å². The van der Waals surface area contributed by atoms with Crippen LogP contribution in [-0.2, 0) is 16.0 Å². The number of hydrogen-bond donors (Lipinski definition) is 2. The minimum Gasteiger partial charge on any atom is -0.495 e. The van der Waals surface area contributed by atoms with Gasteiger partial charge in [0.2, 0.25) is 0 Å². The first-order valence-electron chi connectivity index (χ1n) is 12.3. The molecule has 4 rings (SSSR count). The van der Waals surface area contributed by atoms with Crippen LogP contribution in [0.2, 0.25) is 0 Å². The van der Waals surface area contributed by atoms with E-state index in [0.29, 0.717) is 41.4 Å². The number of amides is 2. The van der Waals surface area contributed by atoms with Crippen LogP contribution in [0.25, 0.3) is 0 Å². The number of methoxy groups -OCH3 is 2. The fourth-order valence-corrected chi connectivity index (χ4v) is 4.33. The minimum absolute atomic E-state index is 0.0220. The molecule has 0 saturated carbocycles. The van der Waals surface area contributed by atoms with Gasteiger partial charge in [0.15, 0.2) is 5.78 Å². The number of hydroxylamine groups is 2. The van der Waals surface area contributed by atoms with Crippen LogP contribution in [0, 0.1) is 6.92 Å². The molecule has 1 unspecified atom stereocenters. The topological polar surface area (TPSA) is 106 Å². The maximum absolute atomic E-state index is 13.2. The summed E-state index contributed by atoms with van der Waals surface area (Å²) in [5.74, 6) is 0.599. The number of para-hydroxylation sites is 1. The lowest BCUT2D eigenvalue weighted by atomic mass is 10.0. The molecule has 1 aliphatic heterocycles. The Kier molecular flexibility index (Phi) is 8.60. The first-order chi connectivity index (χ1) is 18.4. The highest BCUT2D eigenvalue weighted by Gasteiger charge is 2.32. The molecule has 38 heavy (non-hydrogen) atoms. The first-order valence-corrected chi connectivity index (χ1v) is 12.3. The van der Waals surface area contributed by atoms with Crippen LogP contribution >= 0.6 is 0 Å². The van der Waals surface area contributed by atoms with E-state index in [2.05, 4.69) is 10.6 Å². The van der Waals surface area contributed by atoms with Gasteiger partial charge in [-0.2, -0.15) is 0 Å². The lowest BCUT2D eigenvalue weighted by Crippen LogP contribution is -2.39. The van der Waals surface area contributed by atoms with Crippen molar-refractivity contribution in [3.63, 3.8) is 0 Å². The first kappa shape index (κ1) is 26.7. The molecule has 0 spiro atoms. The average Bonchev–Trinajstić information content (AvgIpc) is 3.39. The molecule has 0 bridgehead atoms. The predicted molar refractivity (Wildman–Crippen MR) is 144 cm³/mol. The SMILES string of the molecule is COC(=O)c1ccc(ON2CCCC2C(=O)Cc2ccc(NC(=O)Nc3ccccc3C)c(OC)c2)cc1. The summed E-state index contributed by atoms with van der Waals surface area (Å²) in [4.78, 5) is 43.3. The third-order valence-electron chi connectivity index (χ3n) is 6.36. The Morgan fingerprint density at radius 3 is 2.39 bits per heavy atom. The number of urea groups is 1. The monoisotopic (exact) mass is 517 g/mol. The Balaban J connectivity index is 1.37. The van der Waals surface area contributed by atoms with Crippen LogP contribution in [0.1, 0.15) is 34.3 Å². The quantitative estimate of drug-likeness (QED) is 0.385. The molecule has 0 aliphatic carbocycles. The van der Waals surface area contributed by atoms with Crippen LogP contribution in [0.5, 0.6) is 11.5 Å². The number of nitrogens with zero attached hydrogens (tertiary/aromatic N) is 1. The fraction of sp³-hybridized carbons (Fsp3) is 0.276. The summed E-state index contributed by atoms with van der Waals surface area (Å²) in [6.07, 6.45) is 1.71. The van der Waals surface area contributed by atoms with Crippen molar-refractivity contribution >= 4 is 29.2 Å². The standard InChI is InChI=1S/C29H31N3O6/c1-19-7-4-5-8-23(19)30-29(35)31-24-15-10-20(18-27(24)36-2)17-26(33)25-9-6-16-32(25)38-22-13-11-21(12-14-22)28(34)37-3/h4-5,7-8,10-15,18,25H,6,9,16-17H2,1-3H3,(H2,30,31,35). The zero-order chi connectivity index (χ0) is 27.1. The van der Waals surface area contributed by atoms with Crippen molar-refractivity contribution in [3.8, 4) is 11.5 Å². The second kappa shape index (κ2) is 12.2. The van der Waals surface area contributed by atoms with Crippen LogP contribution in [0.15, 0.2) is 66.7 Å². The molecular weight excluding hydrogens is 486 g/mol. The molecule has 0 aromatic heterocycles. The molecule has 2 amide bonds. The molecule has 1 heterocycles. The number of aryl methyl sites for hydroxylation is 1. The Morgan fingerprint density at radius 2 is 1.68 bits per heavy atom. The number of esters is 1. The highest BCUT2D eigenvalue weighted by molar-refractivity contribution is 6.01. The van der Waals surface area contributed by atoms with E-state index in [1.807, 2.05) is 31.2 Å². The number of ether oxygens (including phenoxy) is 2. The van der Waals surface area contributed by atoms with Gasteiger partial charge in [0, 0.05) is 18.7 Å². The second-order valence-electron chi connectivity index (χ2n) is 8.98. The van der Waals surface area contributed by atoms with Crippen molar-refractivity contribution in [2.75, 3.05) is 31.4 Å². The van der Waals surface area contributed by atoms with E-state index in [9.17, 15) is 14.4 Å². The Labute approximate surface area is 221 Å². The van der Waals surface area contributed by atoms with E-state index in [1.165, 1.54) is 14.2 Å². The number of Topliss-reactive ketones (excluding diaryl/α,β-unsaturated/α-hetero) is 1. The van der Waals surface area contributed by atoms with Crippen molar-refractivity contribution in [2.45, 2.75) is 32.2 Å². The second-order valence-corrected chi connectivity index (χ2v) is 8.98. The number of carbonyl (C=O) groups excluding carboxylic acids is 3. The van der Waals surface area contributed by atoms with Crippen LogP contribution in [0.3, 0.4) is 0 Å². The molecule has 198 valence electrons. The number of ketones is 1. The van der Waals surface area contributed by atoms with E-state index in [1.54, 1.807) is 47.5 Å². The van der Waals surface area contributed by atoms with Crippen molar-refractivity contribution in [1.82, 2.24) is 5.06 Å². The van der Waals surface area contributed by atoms with E-state index in [4.69, 9.17) is 14.3 Å². The minimum atomic E-state index is -0.422. The van der Waals surface area contributed by atoms with Gasteiger partial charge in [0.1, 0.15) is 17.5 Å². The largest absolute Gasteiger partial charge is 0.495 e. The normalized spacial score (nSPS) is 15.0. The lowest BCUT2D eigenvalue weighted by molar-refractivity contribution is -0.135. The zero-order valence-corrected chi connectivity index (χ0v) is 21.7. The van der Waals surface area contributed by atoms with E-state index in [-0.39, 0.29) is 24.3 Å². The lowest BCUT2D eigenvalue weighted by Gasteiger charge is -2.23. The molecule has 1 saturated heterocycles. The van der Waals surface area contributed by atoms with E-state index < -0.39 is 5.97 Å². The van der Waals surface area contributed by atoms with E-state index in [0.717, 1.165) is 17.5 Å². The summed E-state index contributed by atoms with van der Waals surface area (Å²) in [6, 6.07) is 18.6. The summed E-state index contributed by atoms with van der Waals surface area (Å²) in [5, 5.41) is 7.33. The molecule has 3 aromatic rings. The molecule has 1 fully saturated rings. The van der Waals surface area contributed by atoms with E-state index >= 15 is 0 Å². The van der Waals surface area contributed by atoms with Crippen LogP contribution < -0.4 is 20.2 Å². The van der Waals surface area contributed by atoms with Gasteiger partial charge >= 0.3 is 12.0 Å². The molecule has 0 radical (unpaired) electrons. The van der Waals surface area contributed by atoms with Gasteiger partial charge < -0.3 is 24.9 Å². The van der Waals surface area contributed by atoms with Gasteiger partial charge in [0.25, 0.3) is 0 Å². The van der Waals surface area contributed by atoms with Crippen LogP contribution in [-0.4, -0.2) is 49.7 Å². The summed E-state index contributed by atoms with van der Waals surface area (Å²) in [7, 11) is 2.85. The number of anilines is 2. The summed E-state index contributed by atoms with van der Waals surface area (Å²) < 4.78 is 10.2. The highest BCUT2D eigenvalue weighted by Crippen LogP contribution is 2.28. The summed E-state index contributed by atoms with van der Waals surface area (Å²) in [6.45, 7) is 2.54. The molecular formula is C29H31N3O6. The van der Waals surface area contributed by atoms with Crippen molar-refractivity contribution in [3.05, 3.63) is 83.4 Å². The third kappa shape index (κ3) is 6.49. The molecule has 3 aromatic carbocycles. The average molecular weight is 518 g/mol. The Bertz CT molecular complexity index is 1310. The van der Waals surface area contributed by atoms with Gasteiger partial charge in [-0.1, -0.05) is 24.3 Å². The summed E-state index contributed by atoms with van der Waals surface area (Å²) >= 11 is 0. The Morgan fingerprint density at radius 1 is 0.947 bits per heavy atom. The smallest absolute Gasteiger partial charge is 0.337 e. The zero-order valence-electron chi connectivity index (χ0n) is 21.7. The van der Waals surface area contributed by atoms with Crippen molar-refractivity contribution in [2.24, 2.45) is 0 Å². The number of hydrogen-bond acceptors (Lipinski definition) is 7. The predicted octanol–water partition coefficient (Wildman–Crippen LogP) is 5.00. The number of benzene rings is 3. The van der Waals surface area contributed by atoms with Crippen molar-refractivity contribution < 1.29 is 28.7 Å². The molecule has 9 heteroatoms. The maximum atomic E-state index is 13.2. The molecule has 9 nitrogen and oxygen atoms in total. The maximum Gasteiger partial charge on any atom is 0.337 e. The fourth-order valence-electron chi connectivity index (χ4n) is 4.33. The van der Waals surface area contributed by atoms with Gasteiger partial charge in [-0.05, 0) is 73.4 Å². The number of carbonyl (C=O) groups is 3. The molecule has 1 atom stereocenters. The van der Waals surface area contributed by atoms with Crippen LogP contribution in [0.4, 0.5) is 16.2 Å². The highest BCUT2D eigenvalue weighted by atomic mass is 16.7. The van der Waals surface area contributed by atoms with Gasteiger partial charge in [0.05, 0.1) is 25.5 Å². The molecule has 2 N–H and O–H groups in total. The third-order valence-corrected chi connectivity index (χ3v) is 6.36. The Hall–Kier alpha value is -4.37. The molecule has 1 aliphatic rings. The van der Waals surface area contributed by atoms with Gasteiger partial charge in [-0.25, -0.2) is 9.59 Å². The van der Waals surface area contributed by atoms with Gasteiger partial charge in [-0.15, -0.1) is 5.06 Å². The number of rotatable bonds is 9. The summed E-state index contributed by atoms with van der Waals surface area (Å²) in [5.41, 5.74) is 3.36. The van der Waals surface area contributed by atoms with Gasteiger partial charge in [-0.3, -0.25) is 4.79 Å².